The molecule has 2 aliphatic rings. The molecule has 358 valence electrons. The van der Waals surface area contributed by atoms with Crippen molar-refractivity contribution < 1.29 is 27.1 Å². The second-order valence-electron chi connectivity index (χ2n) is 18.1. The SMILES string of the molecule is Cc1nc(N)sc1CCCN=C(N)NC(=O)NCCCCCCNC(=O)CCCCC[N+]1=C(C=CC=CC=C2N(CCCCS(=O)(=O)O)c3ccccc3C2(C)C)c2ccccc2C1(C)C. The number of nitrogen functional groups attached to an aromatic ring is 1. The van der Waals surface area contributed by atoms with Gasteiger partial charge in [0, 0.05) is 86.2 Å². The molecule has 0 saturated carbocycles. The molecule has 2 aromatic carbocycles. The summed E-state index contributed by atoms with van der Waals surface area (Å²) in [6.45, 7) is 14.1. The molecule has 5 rings (SSSR count). The molecular formula is C50H72N9O5S2+. The minimum Gasteiger partial charge on any atom is -0.375 e. The van der Waals surface area contributed by atoms with Gasteiger partial charge in [0.25, 0.3) is 10.1 Å². The first kappa shape index (κ1) is 51.7. The number of guanidine groups is 1. The summed E-state index contributed by atoms with van der Waals surface area (Å²) in [5.41, 5.74) is 19.4. The van der Waals surface area contributed by atoms with Crippen LogP contribution in [0.4, 0.5) is 15.6 Å². The average molecular weight is 943 g/mol. The van der Waals surface area contributed by atoms with E-state index >= 15 is 0 Å². The van der Waals surface area contributed by atoms with Crippen molar-refractivity contribution in [2.75, 3.05) is 49.1 Å². The molecule has 1 aromatic heterocycles. The number of hydrogen-bond acceptors (Lipinski definition) is 9. The zero-order valence-electron chi connectivity index (χ0n) is 39.6. The van der Waals surface area contributed by atoms with Crippen LogP contribution in [-0.4, -0.2) is 84.6 Å². The highest BCUT2D eigenvalue weighted by molar-refractivity contribution is 7.85. The van der Waals surface area contributed by atoms with Crippen molar-refractivity contribution in [2.24, 2.45) is 10.7 Å². The summed E-state index contributed by atoms with van der Waals surface area (Å²) in [5, 5.41) is 9.03. The fourth-order valence-corrected chi connectivity index (χ4v) is 10.3. The van der Waals surface area contributed by atoms with E-state index in [1.807, 2.05) is 13.0 Å². The summed E-state index contributed by atoms with van der Waals surface area (Å²) >= 11 is 1.49. The number of para-hydroxylation sites is 1. The normalized spacial score (nSPS) is 16.1. The molecule has 0 fully saturated rings. The topological polar surface area (TPSA) is 208 Å². The third kappa shape index (κ3) is 14.8. The van der Waals surface area contributed by atoms with Crippen LogP contribution >= 0.6 is 11.3 Å². The maximum Gasteiger partial charge on any atom is 0.321 e. The molecule has 66 heavy (non-hydrogen) atoms. The summed E-state index contributed by atoms with van der Waals surface area (Å²) in [5.74, 6) is -0.0508. The van der Waals surface area contributed by atoms with Crippen LogP contribution in [0.25, 0.3) is 0 Å². The molecule has 3 amide bonds. The molecule has 3 aromatic rings. The number of unbranched alkanes of at least 4 members (excludes halogenated alkanes) is 6. The van der Waals surface area contributed by atoms with Crippen LogP contribution in [-0.2, 0) is 32.3 Å². The predicted octanol–water partition coefficient (Wildman–Crippen LogP) is 8.03. The number of amides is 3. The van der Waals surface area contributed by atoms with Crippen LogP contribution in [0.1, 0.15) is 126 Å². The molecule has 8 N–H and O–H groups in total. The number of carbonyl (C=O) groups is 2. The van der Waals surface area contributed by atoms with E-state index in [1.165, 1.54) is 33.7 Å². The zero-order chi connectivity index (χ0) is 47.7. The Morgan fingerprint density at radius 1 is 0.879 bits per heavy atom. The van der Waals surface area contributed by atoms with Gasteiger partial charge in [-0.1, -0.05) is 81.3 Å². The molecule has 0 saturated heterocycles. The van der Waals surface area contributed by atoms with E-state index in [4.69, 9.17) is 11.5 Å². The lowest BCUT2D eigenvalue weighted by Crippen LogP contribution is -2.43. The number of urea groups is 1. The van der Waals surface area contributed by atoms with Gasteiger partial charge in [-0.25, -0.2) is 14.4 Å². The summed E-state index contributed by atoms with van der Waals surface area (Å²) < 4.78 is 34.4. The van der Waals surface area contributed by atoms with Gasteiger partial charge in [0.1, 0.15) is 6.54 Å². The van der Waals surface area contributed by atoms with Gasteiger partial charge in [0.05, 0.1) is 17.0 Å². The molecule has 0 aliphatic carbocycles. The maximum absolute atomic E-state index is 12.6. The third-order valence-electron chi connectivity index (χ3n) is 12.4. The molecule has 0 radical (unpaired) electrons. The van der Waals surface area contributed by atoms with E-state index in [0.717, 1.165) is 86.3 Å². The van der Waals surface area contributed by atoms with E-state index in [2.05, 4.69) is 136 Å². The monoisotopic (exact) mass is 943 g/mol. The van der Waals surface area contributed by atoms with Gasteiger partial charge in [-0.05, 0) is 82.1 Å². The van der Waals surface area contributed by atoms with Crippen molar-refractivity contribution in [1.82, 2.24) is 20.9 Å². The van der Waals surface area contributed by atoms with Crippen LogP contribution in [0.2, 0.25) is 0 Å². The standard InChI is InChI=1S/C50H71N9O5S2/c1-37-43(65-47(52)56-37)28-22-33-54-46(51)57-48(61)55-32-18-7-6-17-31-53-45(60)30-12-9-19-35-59-41(38-23-13-14-24-39(38)50(59,4)5)26-10-8-11-29-44-49(2,3)40-25-15-16-27-42(40)58(44)34-20-21-36-66(62,63)64/h8,10-11,13-16,23-27,29H,6-7,9,12,17-22,28,30-36H2,1-5H3,(H7-,51,52,53,54,55,56,57,60,61,62,63,64)/p+1. The minimum absolute atomic E-state index is 0.0897. The van der Waals surface area contributed by atoms with E-state index in [9.17, 15) is 22.6 Å². The van der Waals surface area contributed by atoms with Crippen molar-refractivity contribution in [3.8, 4) is 0 Å². The Bertz CT molecular complexity index is 2400. The highest BCUT2D eigenvalue weighted by atomic mass is 32.2. The highest BCUT2D eigenvalue weighted by Crippen LogP contribution is 2.47. The lowest BCUT2D eigenvalue weighted by molar-refractivity contribution is -0.604. The summed E-state index contributed by atoms with van der Waals surface area (Å²) in [7, 11) is -3.99. The fourth-order valence-electron chi connectivity index (χ4n) is 8.88. The van der Waals surface area contributed by atoms with E-state index in [1.54, 1.807) is 0 Å². The van der Waals surface area contributed by atoms with Gasteiger partial charge in [-0.3, -0.25) is 19.7 Å². The van der Waals surface area contributed by atoms with Gasteiger partial charge >= 0.3 is 6.03 Å². The Kier molecular flexibility index (Phi) is 19.1. The Hall–Kier alpha value is -5.32. The molecule has 16 heteroatoms. The lowest BCUT2D eigenvalue weighted by atomic mass is 9.84. The predicted molar refractivity (Wildman–Crippen MR) is 270 cm³/mol. The van der Waals surface area contributed by atoms with Crippen LogP contribution in [0.15, 0.2) is 89.6 Å². The number of aromatic nitrogens is 1. The fraction of sp³-hybridized carbons (Fsp3) is 0.500. The van der Waals surface area contributed by atoms with Gasteiger partial charge < -0.3 is 27.0 Å². The first-order valence-electron chi connectivity index (χ1n) is 23.4. The second-order valence-corrected chi connectivity index (χ2v) is 20.8. The number of hydrogen-bond donors (Lipinski definition) is 6. The average Bonchev–Trinajstić information content (AvgIpc) is 3.79. The number of fused-ring (bicyclic) bond motifs is 2. The van der Waals surface area contributed by atoms with Gasteiger partial charge in [0.2, 0.25) is 11.6 Å². The number of benzene rings is 2. The van der Waals surface area contributed by atoms with Crippen molar-refractivity contribution in [2.45, 2.75) is 123 Å². The molecule has 0 unspecified atom stereocenters. The Morgan fingerprint density at radius 2 is 1.58 bits per heavy atom. The maximum atomic E-state index is 12.6. The zero-order valence-corrected chi connectivity index (χ0v) is 41.2. The number of aryl methyl sites for hydroxylation is 2. The van der Waals surface area contributed by atoms with Crippen LogP contribution in [0.5, 0.6) is 0 Å². The number of aliphatic imine (C=N–C) groups is 1. The highest BCUT2D eigenvalue weighted by Gasteiger charge is 2.43. The Balaban J connectivity index is 1.01. The van der Waals surface area contributed by atoms with Crippen molar-refractivity contribution >= 4 is 55.9 Å². The lowest BCUT2D eigenvalue weighted by Gasteiger charge is -2.27. The van der Waals surface area contributed by atoms with Crippen LogP contribution < -0.4 is 32.3 Å². The number of nitrogens with one attached hydrogen (secondary N) is 3. The number of nitrogens with zero attached hydrogens (tertiary/aromatic N) is 4. The number of anilines is 2. The first-order valence-corrected chi connectivity index (χ1v) is 25.9. The van der Waals surface area contributed by atoms with E-state index in [0.29, 0.717) is 50.6 Å². The third-order valence-corrected chi connectivity index (χ3v) is 14.2. The molecule has 0 bridgehead atoms. The molecule has 2 aliphatic heterocycles. The van der Waals surface area contributed by atoms with Crippen molar-refractivity contribution in [3.05, 3.63) is 112 Å². The number of thiazole rings is 1. The number of carbonyl (C=O) groups excluding carboxylic acids is 2. The molecular weight excluding hydrogens is 871 g/mol. The smallest absolute Gasteiger partial charge is 0.321 e. The molecule has 0 spiro atoms. The van der Waals surface area contributed by atoms with E-state index in [-0.39, 0.29) is 34.6 Å². The summed E-state index contributed by atoms with van der Waals surface area (Å²) in [4.78, 5) is 36.7. The molecule has 0 atom stereocenters. The summed E-state index contributed by atoms with van der Waals surface area (Å²) in [6.07, 6.45) is 20.1. The number of allylic oxidation sites excluding steroid dienone is 6. The van der Waals surface area contributed by atoms with Gasteiger partial charge in [-0.2, -0.15) is 8.42 Å². The van der Waals surface area contributed by atoms with Crippen molar-refractivity contribution in [1.29, 1.82) is 0 Å². The van der Waals surface area contributed by atoms with Gasteiger partial charge in [0.15, 0.2) is 16.6 Å². The largest absolute Gasteiger partial charge is 0.375 e. The number of rotatable bonds is 25. The van der Waals surface area contributed by atoms with E-state index < -0.39 is 10.1 Å². The molecule has 14 nitrogen and oxygen atoms in total. The minimum atomic E-state index is -3.99. The van der Waals surface area contributed by atoms with Gasteiger partial charge in [-0.15, -0.1) is 11.3 Å². The second kappa shape index (κ2) is 24.4. The van der Waals surface area contributed by atoms with Crippen LogP contribution in [0, 0.1) is 6.92 Å². The Labute approximate surface area is 396 Å². The first-order chi connectivity index (χ1) is 31.5. The van der Waals surface area contributed by atoms with Crippen molar-refractivity contribution in [3.63, 3.8) is 0 Å². The summed E-state index contributed by atoms with van der Waals surface area (Å²) in [6, 6.07) is 16.6. The van der Waals surface area contributed by atoms with Crippen LogP contribution in [0.3, 0.4) is 0 Å². The Morgan fingerprint density at radius 3 is 2.30 bits per heavy atom. The molecule has 3 heterocycles. The quantitative estimate of drug-likeness (QED) is 0.0121. The number of nitrogens with two attached hydrogens (primary N) is 2.